The highest BCUT2D eigenvalue weighted by molar-refractivity contribution is 6.32. The van der Waals surface area contributed by atoms with Crippen LogP contribution in [0.2, 0.25) is 5.02 Å². The molecule has 1 atom stereocenters. The van der Waals surface area contributed by atoms with E-state index < -0.39 is 34.4 Å². The SMILES string of the molecule is CCc1ccc(Cl)c(CC)c1NC(=O)[C@H](C)N1C(=O)c2cccc([N+](=O)[O-])c2C1=O. The number of aryl methyl sites for hydroxylation is 1. The minimum atomic E-state index is -1.18. The Morgan fingerprint density at radius 3 is 2.47 bits per heavy atom. The molecule has 1 N–H and O–H groups in total. The van der Waals surface area contributed by atoms with Crippen molar-refractivity contribution >= 4 is 40.7 Å². The van der Waals surface area contributed by atoms with Crippen LogP contribution in [0.1, 0.15) is 52.6 Å². The van der Waals surface area contributed by atoms with Gasteiger partial charge in [0.25, 0.3) is 17.5 Å². The molecule has 0 aliphatic carbocycles. The van der Waals surface area contributed by atoms with Crippen LogP contribution in [0.5, 0.6) is 0 Å². The first kappa shape index (κ1) is 21.4. The third-order valence-electron chi connectivity index (χ3n) is 5.21. The fraction of sp³-hybridized carbons (Fsp3) is 0.286. The van der Waals surface area contributed by atoms with Gasteiger partial charge in [-0.3, -0.25) is 29.4 Å². The number of halogens is 1. The average Bonchev–Trinajstić information content (AvgIpc) is 2.98. The van der Waals surface area contributed by atoms with Gasteiger partial charge in [-0.05, 0) is 43.0 Å². The summed E-state index contributed by atoms with van der Waals surface area (Å²) in [7, 11) is 0. The number of fused-ring (bicyclic) bond motifs is 1. The second-order valence-electron chi connectivity index (χ2n) is 6.87. The van der Waals surface area contributed by atoms with Crippen molar-refractivity contribution in [2.75, 3.05) is 5.32 Å². The standard InChI is InChI=1S/C21H20ClN3O5/c1-4-12-9-10-15(22)13(5-2)18(12)23-19(26)11(3)24-20(27)14-7-6-8-16(25(29)30)17(14)21(24)28/h6-11H,4-5H2,1-3H3,(H,23,26)/t11-/m0/s1. The van der Waals surface area contributed by atoms with Crippen LogP contribution >= 0.6 is 11.6 Å². The monoisotopic (exact) mass is 429 g/mol. The molecular formula is C21H20ClN3O5. The Bertz CT molecular complexity index is 1080. The minimum absolute atomic E-state index is 0.0832. The molecule has 30 heavy (non-hydrogen) atoms. The predicted octanol–water partition coefficient (Wildman–Crippen LogP) is 4.00. The lowest BCUT2D eigenvalue weighted by atomic mass is 10.0. The van der Waals surface area contributed by atoms with Gasteiger partial charge in [0.1, 0.15) is 11.6 Å². The molecule has 0 unspecified atom stereocenters. The Balaban J connectivity index is 1.94. The molecule has 8 nitrogen and oxygen atoms in total. The summed E-state index contributed by atoms with van der Waals surface area (Å²) in [5, 5.41) is 14.6. The highest BCUT2D eigenvalue weighted by Gasteiger charge is 2.45. The van der Waals surface area contributed by atoms with Crippen LogP contribution in [-0.2, 0) is 17.6 Å². The van der Waals surface area contributed by atoms with Crippen LogP contribution in [-0.4, -0.2) is 33.6 Å². The van der Waals surface area contributed by atoms with Crippen molar-refractivity contribution in [3.05, 3.63) is 67.7 Å². The summed E-state index contributed by atoms with van der Waals surface area (Å²) in [6.45, 7) is 5.25. The largest absolute Gasteiger partial charge is 0.324 e. The van der Waals surface area contributed by atoms with Crippen LogP contribution < -0.4 is 5.32 Å². The Morgan fingerprint density at radius 1 is 1.17 bits per heavy atom. The molecule has 3 rings (SSSR count). The summed E-state index contributed by atoms with van der Waals surface area (Å²) in [5.41, 5.74) is 1.35. The first-order valence-electron chi connectivity index (χ1n) is 9.49. The van der Waals surface area contributed by atoms with Gasteiger partial charge >= 0.3 is 0 Å². The molecule has 0 radical (unpaired) electrons. The van der Waals surface area contributed by atoms with E-state index in [2.05, 4.69) is 5.32 Å². The molecule has 0 saturated carbocycles. The van der Waals surface area contributed by atoms with Crippen LogP contribution in [0.25, 0.3) is 0 Å². The third kappa shape index (κ3) is 3.43. The van der Waals surface area contributed by atoms with Gasteiger partial charge in [0.15, 0.2) is 0 Å². The van der Waals surface area contributed by atoms with E-state index in [4.69, 9.17) is 11.6 Å². The number of nitrogens with one attached hydrogen (secondary N) is 1. The number of carbonyl (C=O) groups is 3. The highest BCUT2D eigenvalue weighted by atomic mass is 35.5. The number of amides is 3. The first-order chi connectivity index (χ1) is 14.2. The molecule has 2 aromatic carbocycles. The van der Waals surface area contributed by atoms with E-state index >= 15 is 0 Å². The van der Waals surface area contributed by atoms with Crippen molar-refractivity contribution in [2.24, 2.45) is 0 Å². The van der Waals surface area contributed by atoms with Gasteiger partial charge in [0.05, 0.1) is 10.5 Å². The Hall–Kier alpha value is -3.26. The number of nitro benzene ring substituents is 1. The second-order valence-corrected chi connectivity index (χ2v) is 7.28. The number of hydrogen-bond donors (Lipinski definition) is 1. The van der Waals surface area contributed by atoms with Crippen molar-refractivity contribution in [2.45, 2.75) is 39.7 Å². The molecule has 0 aromatic heterocycles. The van der Waals surface area contributed by atoms with Crippen LogP contribution in [0, 0.1) is 10.1 Å². The fourth-order valence-electron chi connectivity index (χ4n) is 3.60. The number of rotatable bonds is 6. The Morgan fingerprint density at radius 2 is 1.87 bits per heavy atom. The van der Waals surface area contributed by atoms with E-state index in [0.717, 1.165) is 22.1 Å². The molecule has 0 spiro atoms. The zero-order valence-electron chi connectivity index (χ0n) is 16.7. The molecule has 2 aromatic rings. The molecule has 0 saturated heterocycles. The number of imide groups is 1. The van der Waals surface area contributed by atoms with Crippen LogP contribution in [0.4, 0.5) is 11.4 Å². The van der Waals surface area contributed by atoms with Crippen molar-refractivity contribution < 1.29 is 19.3 Å². The number of anilines is 1. The molecule has 156 valence electrons. The predicted molar refractivity (Wildman–Crippen MR) is 112 cm³/mol. The minimum Gasteiger partial charge on any atom is -0.324 e. The average molecular weight is 430 g/mol. The van der Waals surface area contributed by atoms with Crippen LogP contribution in [0.3, 0.4) is 0 Å². The van der Waals surface area contributed by atoms with Gasteiger partial charge < -0.3 is 5.32 Å². The number of benzene rings is 2. The van der Waals surface area contributed by atoms with Gasteiger partial charge in [-0.1, -0.05) is 37.6 Å². The normalized spacial score (nSPS) is 13.9. The summed E-state index contributed by atoms with van der Waals surface area (Å²) in [5.74, 6) is -2.18. The van der Waals surface area contributed by atoms with E-state index in [9.17, 15) is 24.5 Å². The first-order valence-corrected chi connectivity index (χ1v) is 9.87. The van der Waals surface area contributed by atoms with Gasteiger partial charge in [-0.25, -0.2) is 0 Å². The smallest absolute Gasteiger partial charge is 0.282 e. The van der Waals surface area contributed by atoms with Crippen LogP contribution in [0.15, 0.2) is 30.3 Å². The van der Waals surface area contributed by atoms with E-state index in [-0.39, 0.29) is 11.1 Å². The molecule has 3 amide bonds. The molecule has 9 heteroatoms. The zero-order valence-corrected chi connectivity index (χ0v) is 17.4. The van der Waals surface area contributed by atoms with E-state index in [1.165, 1.54) is 19.1 Å². The molecule has 1 aliphatic rings. The van der Waals surface area contributed by atoms with E-state index in [1.807, 2.05) is 19.9 Å². The summed E-state index contributed by atoms with van der Waals surface area (Å²) < 4.78 is 0. The number of nitro groups is 1. The summed E-state index contributed by atoms with van der Waals surface area (Å²) in [6.07, 6.45) is 1.23. The number of nitrogens with zero attached hydrogens (tertiary/aromatic N) is 2. The fourth-order valence-corrected chi connectivity index (χ4v) is 3.89. The molecule has 1 heterocycles. The van der Waals surface area contributed by atoms with Crippen molar-refractivity contribution in [1.82, 2.24) is 4.90 Å². The van der Waals surface area contributed by atoms with Gasteiger partial charge in [0, 0.05) is 16.8 Å². The number of carbonyl (C=O) groups excluding carboxylic acids is 3. The van der Waals surface area contributed by atoms with E-state index in [1.54, 1.807) is 6.07 Å². The van der Waals surface area contributed by atoms with Crippen molar-refractivity contribution in [3.8, 4) is 0 Å². The molecule has 0 bridgehead atoms. The summed E-state index contributed by atoms with van der Waals surface area (Å²) >= 11 is 6.27. The lowest BCUT2D eigenvalue weighted by molar-refractivity contribution is -0.385. The molecule has 0 fully saturated rings. The van der Waals surface area contributed by atoms with Gasteiger partial charge in [0.2, 0.25) is 5.91 Å². The van der Waals surface area contributed by atoms with Crippen molar-refractivity contribution in [1.29, 1.82) is 0 Å². The highest BCUT2D eigenvalue weighted by Crippen LogP contribution is 2.33. The zero-order chi connectivity index (χ0) is 22.2. The lowest BCUT2D eigenvalue weighted by Crippen LogP contribution is -2.45. The second kappa shape index (κ2) is 8.23. The summed E-state index contributed by atoms with van der Waals surface area (Å²) in [4.78, 5) is 49.9. The Labute approximate surface area is 178 Å². The maximum absolute atomic E-state index is 13.0. The Kier molecular flexibility index (Phi) is 5.89. The number of hydrogen-bond acceptors (Lipinski definition) is 5. The van der Waals surface area contributed by atoms with Crippen molar-refractivity contribution in [3.63, 3.8) is 0 Å². The summed E-state index contributed by atoms with van der Waals surface area (Å²) in [6, 6.07) is 6.24. The topological polar surface area (TPSA) is 110 Å². The van der Waals surface area contributed by atoms with Gasteiger partial charge in [-0.2, -0.15) is 0 Å². The molecular weight excluding hydrogens is 410 g/mol. The third-order valence-corrected chi connectivity index (χ3v) is 5.57. The maximum atomic E-state index is 13.0. The van der Waals surface area contributed by atoms with Gasteiger partial charge in [-0.15, -0.1) is 0 Å². The van der Waals surface area contributed by atoms with E-state index in [0.29, 0.717) is 23.6 Å². The lowest BCUT2D eigenvalue weighted by Gasteiger charge is -2.23. The maximum Gasteiger partial charge on any atom is 0.282 e. The molecule has 1 aliphatic heterocycles. The quantitative estimate of drug-likeness (QED) is 0.424.